The van der Waals surface area contributed by atoms with E-state index >= 15 is 0 Å². The Hall–Kier alpha value is -2.32. The molecule has 0 spiro atoms. The summed E-state index contributed by atoms with van der Waals surface area (Å²) < 4.78 is 0. The number of benzene rings is 2. The molecule has 0 saturated heterocycles. The van der Waals surface area contributed by atoms with Crippen LogP contribution in [0.3, 0.4) is 0 Å². The van der Waals surface area contributed by atoms with E-state index in [1.807, 2.05) is 0 Å². The van der Waals surface area contributed by atoms with Crippen LogP contribution in [0.25, 0.3) is 22.2 Å². The minimum absolute atomic E-state index is 0.428. The number of fused-ring (bicyclic) bond motifs is 1. The number of hydrogen-bond donors (Lipinski definition) is 1. The molecule has 114 valence electrons. The number of H-pyrrole nitrogens is 1. The van der Waals surface area contributed by atoms with Crippen LogP contribution < -0.4 is 0 Å². The third kappa shape index (κ3) is 2.71. The van der Waals surface area contributed by atoms with Crippen molar-refractivity contribution in [3.63, 3.8) is 0 Å². The normalized spacial score (nSPS) is 12.6. The maximum atomic E-state index is 3.57. The van der Waals surface area contributed by atoms with Gasteiger partial charge in [0.15, 0.2) is 0 Å². The van der Waals surface area contributed by atoms with Crippen LogP contribution in [0.1, 0.15) is 29.5 Å². The van der Waals surface area contributed by atoms with Gasteiger partial charge in [-0.3, -0.25) is 0 Å². The summed E-state index contributed by atoms with van der Waals surface area (Å²) in [6, 6.07) is 19.9. The molecule has 2 aromatic carbocycles. The van der Waals surface area contributed by atoms with E-state index in [1.54, 1.807) is 11.3 Å². The Morgan fingerprint density at radius 1 is 0.913 bits per heavy atom. The predicted molar refractivity (Wildman–Crippen MR) is 100 cm³/mol. The Morgan fingerprint density at radius 3 is 2.48 bits per heavy atom. The van der Waals surface area contributed by atoms with Crippen molar-refractivity contribution >= 4 is 22.2 Å². The molecule has 0 fully saturated rings. The molecule has 0 aliphatic rings. The molecule has 4 rings (SSSR count). The third-order valence-corrected chi connectivity index (χ3v) is 5.25. The van der Waals surface area contributed by atoms with Crippen molar-refractivity contribution in [3.8, 4) is 11.3 Å². The largest absolute Gasteiger partial charge is 0.355 e. The first-order chi connectivity index (χ1) is 11.2. The molecule has 1 nitrogen and oxygen atoms in total. The molecule has 2 heteroatoms. The lowest BCUT2D eigenvalue weighted by molar-refractivity contribution is 0.931. The van der Waals surface area contributed by atoms with Gasteiger partial charge in [0, 0.05) is 22.5 Å². The average molecular weight is 317 g/mol. The van der Waals surface area contributed by atoms with Crippen molar-refractivity contribution in [1.82, 2.24) is 4.98 Å². The first-order valence-electron chi connectivity index (χ1n) is 7.92. The Bertz CT molecular complexity index is 930. The van der Waals surface area contributed by atoms with E-state index in [4.69, 9.17) is 0 Å². The minimum atomic E-state index is 0.428. The van der Waals surface area contributed by atoms with Gasteiger partial charge >= 0.3 is 0 Å². The Labute approximate surface area is 140 Å². The van der Waals surface area contributed by atoms with Gasteiger partial charge in [-0.25, -0.2) is 0 Å². The lowest BCUT2D eigenvalue weighted by atomic mass is 9.95. The molecule has 2 heterocycles. The molecule has 1 N–H and O–H groups in total. The van der Waals surface area contributed by atoms with E-state index in [0.717, 1.165) is 0 Å². The third-order valence-electron chi connectivity index (χ3n) is 4.55. The quantitative estimate of drug-likeness (QED) is 0.453. The number of nitrogens with one attached hydrogen (secondary N) is 1. The SMILES string of the molecule is Cc1ccc(-c2cc3ccc(C(C)c4ccsc4)cc3[nH]2)cc1. The van der Waals surface area contributed by atoms with E-state index in [9.17, 15) is 0 Å². The Balaban J connectivity index is 1.73. The van der Waals surface area contributed by atoms with Gasteiger partial charge in [-0.1, -0.05) is 48.9 Å². The molecule has 4 aromatic rings. The molecule has 23 heavy (non-hydrogen) atoms. The molecule has 0 radical (unpaired) electrons. The molecule has 2 aromatic heterocycles. The molecule has 1 unspecified atom stereocenters. The van der Waals surface area contributed by atoms with Crippen molar-refractivity contribution in [1.29, 1.82) is 0 Å². The molecule has 0 bridgehead atoms. The highest BCUT2D eigenvalue weighted by Crippen LogP contribution is 2.30. The maximum absolute atomic E-state index is 3.57. The highest BCUT2D eigenvalue weighted by atomic mass is 32.1. The predicted octanol–water partition coefficient (Wildman–Crippen LogP) is 6.36. The van der Waals surface area contributed by atoms with Gasteiger partial charge in [-0.15, -0.1) is 0 Å². The van der Waals surface area contributed by atoms with Crippen LogP contribution in [0.4, 0.5) is 0 Å². The van der Waals surface area contributed by atoms with Crippen molar-refractivity contribution in [2.45, 2.75) is 19.8 Å². The van der Waals surface area contributed by atoms with E-state index in [0.29, 0.717) is 5.92 Å². The monoisotopic (exact) mass is 317 g/mol. The van der Waals surface area contributed by atoms with Crippen molar-refractivity contribution in [3.05, 3.63) is 82.0 Å². The summed E-state index contributed by atoms with van der Waals surface area (Å²) in [6.07, 6.45) is 0. The van der Waals surface area contributed by atoms with E-state index in [-0.39, 0.29) is 0 Å². The van der Waals surface area contributed by atoms with Gasteiger partial charge in [0.2, 0.25) is 0 Å². The molecule has 0 amide bonds. The average Bonchev–Trinajstić information content (AvgIpc) is 3.23. The fraction of sp³-hybridized carbons (Fsp3) is 0.143. The summed E-state index contributed by atoms with van der Waals surface area (Å²) in [5.41, 5.74) is 7.66. The van der Waals surface area contributed by atoms with Gasteiger partial charge in [-0.2, -0.15) is 11.3 Å². The van der Waals surface area contributed by atoms with Crippen molar-refractivity contribution in [2.24, 2.45) is 0 Å². The second-order valence-electron chi connectivity index (χ2n) is 6.17. The fourth-order valence-corrected chi connectivity index (χ4v) is 3.77. The lowest BCUT2D eigenvalue weighted by Gasteiger charge is -2.10. The Morgan fingerprint density at radius 2 is 1.74 bits per heavy atom. The van der Waals surface area contributed by atoms with E-state index in [1.165, 1.54) is 38.9 Å². The minimum Gasteiger partial charge on any atom is -0.355 e. The van der Waals surface area contributed by atoms with E-state index < -0.39 is 0 Å². The summed E-state index contributed by atoms with van der Waals surface area (Å²) in [5.74, 6) is 0.428. The number of thiophene rings is 1. The summed E-state index contributed by atoms with van der Waals surface area (Å²) in [4.78, 5) is 3.57. The van der Waals surface area contributed by atoms with Crippen LogP contribution in [-0.4, -0.2) is 4.98 Å². The van der Waals surface area contributed by atoms with Crippen LogP contribution in [-0.2, 0) is 0 Å². The molecular formula is C21H19NS. The van der Waals surface area contributed by atoms with Gasteiger partial charge in [0.05, 0.1) is 0 Å². The number of aromatic amines is 1. The second kappa shape index (κ2) is 5.71. The molecular weight excluding hydrogens is 298 g/mol. The topological polar surface area (TPSA) is 15.8 Å². The van der Waals surface area contributed by atoms with Crippen LogP contribution >= 0.6 is 11.3 Å². The van der Waals surface area contributed by atoms with Gasteiger partial charge < -0.3 is 4.98 Å². The maximum Gasteiger partial charge on any atom is 0.0464 e. The first-order valence-corrected chi connectivity index (χ1v) is 8.87. The van der Waals surface area contributed by atoms with Crippen LogP contribution in [0.15, 0.2) is 65.4 Å². The summed E-state index contributed by atoms with van der Waals surface area (Å²) in [5, 5.41) is 5.65. The number of hydrogen-bond acceptors (Lipinski definition) is 1. The first kappa shape index (κ1) is 14.3. The zero-order valence-corrected chi connectivity index (χ0v) is 14.2. The molecule has 0 aliphatic carbocycles. The van der Waals surface area contributed by atoms with Crippen LogP contribution in [0.5, 0.6) is 0 Å². The van der Waals surface area contributed by atoms with Crippen LogP contribution in [0.2, 0.25) is 0 Å². The van der Waals surface area contributed by atoms with Gasteiger partial charge in [0.25, 0.3) is 0 Å². The van der Waals surface area contributed by atoms with Crippen molar-refractivity contribution < 1.29 is 0 Å². The van der Waals surface area contributed by atoms with Gasteiger partial charge in [-0.05, 0) is 52.6 Å². The molecule has 0 saturated carbocycles. The summed E-state index contributed by atoms with van der Waals surface area (Å²) in [7, 11) is 0. The molecule has 0 aliphatic heterocycles. The Kier molecular flexibility index (Phi) is 3.55. The highest BCUT2D eigenvalue weighted by molar-refractivity contribution is 7.08. The number of rotatable bonds is 3. The second-order valence-corrected chi connectivity index (χ2v) is 6.95. The standard InChI is InChI=1S/C21H19NS/c1-14-3-5-16(6-4-14)20-12-18-8-7-17(11-21(18)22-20)15(2)19-9-10-23-13-19/h3-13,15,22H,1-2H3. The van der Waals surface area contributed by atoms with E-state index in [2.05, 4.69) is 84.2 Å². The number of aryl methyl sites for hydroxylation is 1. The smallest absolute Gasteiger partial charge is 0.0464 e. The molecule has 1 atom stereocenters. The zero-order valence-electron chi connectivity index (χ0n) is 13.3. The highest BCUT2D eigenvalue weighted by Gasteiger charge is 2.11. The van der Waals surface area contributed by atoms with Crippen molar-refractivity contribution in [2.75, 3.05) is 0 Å². The summed E-state index contributed by atoms with van der Waals surface area (Å²) in [6.45, 7) is 4.39. The lowest BCUT2D eigenvalue weighted by Crippen LogP contribution is -1.93. The number of aromatic nitrogens is 1. The van der Waals surface area contributed by atoms with Crippen LogP contribution in [0, 0.1) is 6.92 Å². The zero-order chi connectivity index (χ0) is 15.8. The summed E-state index contributed by atoms with van der Waals surface area (Å²) >= 11 is 1.76. The fourth-order valence-electron chi connectivity index (χ4n) is 3.02. The van der Waals surface area contributed by atoms with Gasteiger partial charge in [0.1, 0.15) is 0 Å².